The van der Waals surface area contributed by atoms with Crippen molar-refractivity contribution >= 4 is 17.7 Å². The number of carbonyl (C=O) groups is 1. The normalized spacial score (nSPS) is 11.9. The summed E-state index contributed by atoms with van der Waals surface area (Å²) in [6.45, 7) is 7.07. The Morgan fingerprint density at radius 1 is 1.53 bits per heavy atom. The summed E-state index contributed by atoms with van der Waals surface area (Å²) in [5.74, 6) is 0.781. The number of rotatable bonds is 5. The van der Waals surface area contributed by atoms with Gasteiger partial charge in [-0.2, -0.15) is 4.98 Å². The molecule has 0 saturated heterocycles. The quantitative estimate of drug-likeness (QED) is 0.788. The van der Waals surface area contributed by atoms with Crippen LogP contribution in [-0.4, -0.2) is 39.9 Å². The van der Waals surface area contributed by atoms with E-state index in [9.17, 15) is 4.79 Å². The molecule has 3 N–H and O–H groups in total. The summed E-state index contributed by atoms with van der Waals surface area (Å²) in [5, 5.41) is 2.94. The Balaban J connectivity index is 2.65. The summed E-state index contributed by atoms with van der Waals surface area (Å²) in [5.41, 5.74) is 5.54. The number of nitrogens with zero attached hydrogens (tertiary/aromatic N) is 3. The van der Waals surface area contributed by atoms with Gasteiger partial charge in [-0.05, 0) is 26.8 Å². The van der Waals surface area contributed by atoms with Crippen molar-refractivity contribution in [2.24, 2.45) is 0 Å². The molecule has 0 aliphatic rings. The number of anilines is 2. The van der Waals surface area contributed by atoms with Gasteiger partial charge in [0, 0.05) is 19.3 Å². The fourth-order valence-corrected chi connectivity index (χ4v) is 1.51. The fraction of sp³-hybridized carbons (Fsp3) is 0.545. The van der Waals surface area contributed by atoms with E-state index in [1.165, 1.54) is 0 Å². The number of nitrogen functional groups attached to an aromatic ring is 1. The van der Waals surface area contributed by atoms with E-state index in [1.54, 1.807) is 24.1 Å². The number of carbonyl (C=O) groups excluding carboxylic acids is 1. The highest BCUT2D eigenvalue weighted by Gasteiger charge is 2.18. The predicted molar refractivity (Wildman–Crippen MR) is 67.5 cm³/mol. The van der Waals surface area contributed by atoms with Crippen LogP contribution >= 0.6 is 0 Å². The zero-order chi connectivity index (χ0) is 12.8. The van der Waals surface area contributed by atoms with Gasteiger partial charge in [0.05, 0.1) is 0 Å². The van der Waals surface area contributed by atoms with E-state index in [0.29, 0.717) is 24.9 Å². The van der Waals surface area contributed by atoms with E-state index < -0.39 is 0 Å². The van der Waals surface area contributed by atoms with E-state index in [4.69, 9.17) is 5.73 Å². The van der Waals surface area contributed by atoms with Crippen molar-refractivity contribution in [2.75, 3.05) is 24.1 Å². The third-order valence-corrected chi connectivity index (χ3v) is 2.47. The second-order valence-corrected chi connectivity index (χ2v) is 3.68. The van der Waals surface area contributed by atoms with Crippen LogP contribution < -0.4 is 11.1 Å². The molecular weight excluding hydrogens is 218 g/mol. The minimum Gasteiger partial charge on any atom is -0.384 e. The first-order chi connectivity index (χ1) is 8.08. The molecular formula is C11H19N5O. The molecule has 0 aliphatic carbocycles. The molecule has 1 atom stereocenters. The number of aromatic nitrogens is 2. The molecule has 17 heavy (non-hydrogen) atoms. The van der Waals surface area contributed by atoms with Crippen LogP contribution in [0.25, 0.3) is 0 Å². The molecule has 6 heteroatoms. The Kier molecular flexibility index (Phi) is 4.68. The van der Waals surface area contributed by atoms with Crippen LogP contribution in [0.15, 0.2) is 12.3 Å². The zero-order valence-electron chi connectivity index (χ0n) is 10.5. The van der Waals surface area contributed by atoms with E-state index >= 15 is 0 Å². The van der Waals surface area contributed by atoms with Gasteiger partial charge in [0.25, 0.3) is 0 Å². The molecule has 0 aromatic carbocycles. The molecule has 0 radical (unpaired) electrons. The maximum Gasteiger partial charge on any atom is 0.244 e. The van der Waals surface area contributed by atoms with Gasteiger partial charge in [-0.15, -0.1) is 0 Å². The van der Waals surface area contributed by atoms with E-state index in [2.05, 4.69) is 15.3 Å². The lowest BCUT2D eigenvalue weighted by Gasteiger charge is -2.23. The van der Waals surface area contributed by atoms with Crippen LogP contribution in [0.1, 0.15) is 20.8 Å². The van der Waals surface area contributed by atoms with Crippen molar-refractivity contribution in [1.29, 1.82) is 0 Å². The summed E-state index contributed by atoms with van der Waals surface area (Å²) in [4.78, 5) is 21.7. The number of nitrogens with two attached hydrogens (primary N) is 1. The van der Waals surface area contributed by atoms with Crippen molar-refractivity contribution < 1.29 is 4.79 Å². The van der Waals surface area contributed by atoms with Crippen LogP contribution in [0.4, 0.5) is 11.8 Å². The van der Waals surface area contributed by atoms with Gasteiger partial charge in [0.1, 0.15) is 11.9 Å². The summed E-state index contributed by atoms with van der Waals surface area (Å²) < 4.78 is 0. The Bertz CT molecular complexity index is 378. The highest BCUT2D eigenvalue weighted by atomic mass is 16.2. The van der Waals surface area contributed by atoms with Crippen LogP contribution in [0.2, 0.25) is 0 Å². The standard InChI is InChI=1S/C11H19N5O/c1-4-16(5-2)10(17)8(3)14-11-13-7-6-9(12)15-11/h6-8H,4-5H2,1-3H3,(H3,12,13,14,15). The molecule has 1 heterocycles. The summed E-state index contributed by atoms with van der Waals surface area (Å²) in [6.07, 6.45) is 1.55. The van der Waals surface area contributed by atoms with Crippen LogP contribution in [0, 0.1) is 0 Å². The van der Waals surface area contributed by atoms with Gasteiger partial charge < -0.3 is 16.0 Å². The second-order valence-electron chi connectivity index (χ2n) is 3.68. The molecule has 1 amide bonds. The van der Waals surface area contributed by atoms with Gasteiger partial charge in [-0.3, -0.25) is 4.79 Å². The molecule has 1 aromatic rings. The van der Waals surface area contributed by atoms with Gasteiger partial charge in [-0.25, -0.2) is 4.98 Å². The van der Waals surface area contributed by atoms with Crippen molar-refractivity contribution in [3.8, 4) is 0 Å². The lowest BCUT2D eigenvalue weighted by Crippen LogP contribution is -2.41. The molecule has 0 saturated carbocycles. The van der Waals surface area contributed by atoms with Crippen LogP contribution in [0.5, 0.6) is 0 Å². The summed E-state index contributed by atoms with van der Waals surface area (Å²) in [7, 11) is 0. The molecule has 0 fully saturated rings. The van der Waals surface area contributed by atoms with Gasteiger partial charge in [0.15, 0.2) is 0 Å². The van der Waals surface area contributed by atoms with Crippen molar-refractivity contribution in [3.05, 3.63) is 12.3 Å². The summed E-state index contributed by atoms with van der Waals surface area (Å²) >= 11 is 0. The average Bonchev–Trinajstić information content (AvgIpc) is 2.30. The van der Waals surface area contributed by atoms with E-state index in [-0.39, 0.29) is 11.9 Å². The highest BCUT2D eigenvalue weighted by Crippen LogP contribution is 2.05. The zero-order valence-corrected chi connectivity index (χ0v) is 10.5. The van der Waals surface area contributed by atoms with Crippen LogP contribution in [-0.2, 0) is 4.79 Å². The van der Waals surface area contributed by atoms with Crippen LogP contribution in [0.3, 0.4) is 0 Å². The molecule has 1 unspecified atom stereocenters. The third-order valence-electron chi connectivity index (χ3n) is 2.47. The molecule has 0 spiro atoms. The molecule has 0 aliphatic heterocycles. The minimum atomic E-state index is -0.364. The number of hydrogen-bond donors (Lipinski definition) is 2. The van der Waals surface area contributed by atoms with Crippen molar-refractivity contribution in [2.45, 2.75) is 26.8 Å². The molecule has 94 valence electrons. The largest absolute Gasteiger partial charge is 0.384 e. The lowest BCUT2D eigenvalue weighted by atomic mass is 10.3. The Labute approximate surface area is 101 Å². The smallest absolute Gasteiger partial charge is 0.244 e. The molecule has 1 aromatic heterocycles. The number of nitrogens with one attached hydrogen (secondary N) is 1. The number of likely N-dealkylation sites (N-methyl/N-ethyl adjacent to an activating group) is 1. The SMILES string of the molecule is CCN(CC)C(=O)C(C)Nc1nccc(N)n1. The minimum absolute atomic E-state index is 0.0287. The Hall–Kier alpha value is -1.85. The van der Waals surface area contributed by atoms with Crippen molar-refractivity contribution in [3.63, 3.8) is 0 Å². The maximum atomic E-state index is 12.0. The first-order valence-electron chi connectivity index (χ1n) is 5.72. The average molecular weight is 237 g/mol. The second kappa shape index (κ2) is 6.03. The van der Waals surface area contributed by atoms with E-state index in [0.717, 1.165) is 0 Å². The van der Waals surface area contributed by atoms with Gasteiger partial charge in [0.2, 0.25) is 11.9 Å². The first-order valence-corrected chi connectivity index (χ1v) is 5.72. The van der Waals surface area contributed by atoms with Crippen molar-refractivity contribution in [1.82, 2.24) is 14.9 Å². The van der Waals surface area contributed by atoms with Gasteiger partial charge in [-0.1, -0.05) is 0 Å². The van der Waals surface area contributed by atoms with E-state index in [1.807, 2.05) is 13.8 Å². The summed E-state index contributed by atoms with van der Waals surface area (Å²) in [6, 6.07) is 1.24. The first kappa shape index (κ1) is 13.2. The topological polar surface area (TPSA) is 84.1 Å². The maximum absolute atomic E-state index is 12.0. The number of hydrogen-bond acceptors (Lipinski definition) is 5. The Morgan fingerprint density at radius 2 is 2.18 bits per heavy atom. The molecule has 0 bridgehead atoms. The molecule has 6 nitrogen and oxygen atoms in total. The Morgan fingerprint density at radius 3 is 2.71 bits per heavy atom. The number of amides is 1. The third kappa shape index (κ3) is 3.58. The monoisotopic (exact) mass is 237 g/mol. The van der Waals surface area contributed by atoms with Gasteiger partial charge >= 0.3 is 0 Å². The predicted octanol–water partition coefficient (Wildman–Crippen LogP) is 0.728. The fourth-order valence-electron chi connectivity index (χ4n) is 1.51. The molecule has 1 rings (SSSR count). The lowest BCUT2D eigenvalue weighted by molar-refractivity contribution is -0.131. The highest BCUT2D eigenvalue weighted by molar-refractivity contribution is 5.83.